The van der Waals surface area contributed by atoms with Crippen molar-refractivity contribution in [1.29, 1.82) is 0 Å². The third-order valence-electron chi connectivity index (χ3n) is 3.84. The average molecular weight is 262 g/mol. The van der Waals surface area contributed by atoms with Gasteiger partial charge in [0.2, 0.25) is 0 Å². The van der Waals surface area contributed by atoms with Crippen LogP contribution in [-0.4, -0.2) is 5.11 Å². The van der Waals surface area contributed by atoms with E-state index in [1.165, 1.54) is 43.2 Å². The van der Waals surface area contributed by atoms with Crippen molar-refractivity contribution in [3.63, 3.8) is 0 Å². The Balaban J connectivity index is 2.94. The summed E-state index contributed by atoms with van der Waals surface area (Å²) in [5.41, 5.74) is 3.74. The van der Waals surface area contributed by atoms with Crippen molar-refractivity contribution in [3.8, 4) is 5.75 Å². The van der Waals surface area contributed by atoms with Crippen LogP contribution in [0.1, 0.15) is 76.0 Å². The molecule has 0 aromatic heterocycles. The Kier molecular flexibility index (Phi) is 7.62. The molecule has 1 heteroatoms. The van der Waals surface area contributed by atoms with E-state index in [0.717, 1.165) is 31.2 Å². The van der Waals surface area contributed by atoms with Gasteiger partial charge in [-0.25, -0.2) is 0 Å². The van der Waals surface area contributed by atoms with Crippen LogP contribution in [0.25, 0.3) is 0 Å². The molecule has 0 amide bonds. The number of phenolic OH excluding ortho intramolecular Hbond substituents is 1. The van der Waals surface area contributed by atoms with Crippen molar-refractivity contribution in [2.24, 2.45) is 0 Å². The molecule has 0 atom stereocenters. The van der Waals surface area contributed by atoms with Gasteiger partial charge in [-0.15, -0.1) is 0 Å². The molecule has 1 N–H and O–H groups in total. The summed E-state index contributed by atoms with van der Waals surface area (Å²) >= 11 is 0. The normalized spacial score (nSPS) is 10.9. The molecule has 0 aliphatic rings. The molecule has 0 spiro atoms. The number of hydrogen-bond donors (Lipinski definition) is 1. The zero-order valence-electron chi connectivity index (χ0n) is 13.0. The number of rotatable bonds is 9. The maximum Gasteiger partial charge on any atom is 0.122 e. The standard InChI is InChI=1S/C18H30O/c1-4-7-10-15-13-14-16(11-8-5-2)18(19)17(15)12-9-6-3/h13-14,19H,4-12H2,1-3H3. The molecule has 0 aliphatic heterocycles. The highest BCUT2D eigenvalue weighted by molar-refractivity contribution is 5.46. The van der Waals surface area contributed by atoms with Crippen molar-refractivity contribution in [1.82, 2.24) is 0 Å². The molecule has 0 aliphatic carbocycles. The molecule has 108 valence electrons. The molecule has 0 radical (unpaired) electrons. The Hall–Kier alpha value is -0.980. The molecule has 0 unspecified atom stereocenters. The van der Waals surface area contributed by atoms with E-state index in [0.29, 0.717) is 5.75 Å². The predicted molar refractivity (Wildman–Crippen MR) is 83.9 cm³/mol. The lowest BCUT2D eigenvalue weighted by Crippen LogP contribution is -1.99. The number of aromatic hydroxyl groups is 1. The Labute approximate surface area is 119 Å². The van der Waals surface area contributed by atoms with Crippen LogP contribution in [0.4, 0.5) is 0 Å². The monoisotopic (exact) mass is 262 g/mol. The number of unbranched alkanes of at least 4 members (excludes halogenated alkanes) is 3. The Morgan fingerprint density at radius 3 is 1.79 bits per heavy atom. The molecule has 0 bridgehead atoms. The van der Waals surface area contributed by atoms with Crippen molar-refractivity contribution < 1.29 is 5.11 Å². The number of aryl methyl sites for hydroxylation is 2. The van der Waals surface area contributed by atoms with Crippen LogP contribution in [0.3, 0.4) is 0 Å². The largest absolute Gasteiger partial charge is 0.507 e. The second-order valence-electron chi connectivity index (χ2n) is 5.52. The fourth-order valence-electron chi connectivity index (χ4n) is 2.53. The quantitative estimate of drug-likeness (QED) is 0.630. The van der Waals surface area contributed by atoms with Gasteiger partial charge in [0.15, 0.2) is 0 Å². The van der Waals surface area contributed by atoms with Gasteiger partial charge >= 0.3 is 0 Å². The summed E-state index contributed by atoms with van der Waals surface area (Å²) in [6.45, 7) is 6.63. The number of phenols is 1. The highest BCUT2D eigenvalue weighted by atomic mass is 16.3. The molecule has 1 aromatic rings. The van der Waals surface area contributed by atoms with E-state index >= 15 is 0 Å². The lowest BCUT2D eigenvalue weighted by molar-refractivity contribution is 0.457. The summed E-state index contributed by atoms with van der Waals surface area (Å²) in [5.74, 6) is 0.593. The minimum atomic E-state index is 0.593. The molecule has 1 nitrogen and oxygen atoms in total. The Morgan fingerprint density at radius 2 is 1.21 bits per heavy atom. The van der Waals surface area contributed by atoms with Crippen molar-refractivity contribution >= 4 is 0 Å². The van der Waals surface area contributed by atoms with E-state index in [1.54, 1.807) is 0 Å². The SMILES string of the molecule is CCCCc1ccc(CCCC)c(CCCC)c1O. The summed E-state index contributed by atoms with van der Waals surface area (Å²) < 4.78 is 0. The van der Waals surface area contributed by atoms with Gasteiger partial charge in [0.05, 0.1) is 0 Å². The van der Waals surface area contributed by atoms with Gasteiger partial charge in [-0.05, 0) is 55.2 Å². The van der Waals surface area contributed by atoms with Crippen LogP contribution < -0.4 is 0 Å². The van der Waals surface area contributed by atoms with Gasteiger partial charge in [0, 0.05) is 0 Å². The van der Waals surface area contributed by atoms with Gasteiger partial charge in [0.1, 0.15) is 5.75 Å². The van der Waals surface area contributed by atoms with Gasteiger partial charge in [-0.2, -0.15) is 0 Å². The summed E-state index contributed by atoms with van der Waals surface area (Å²) in [6.07, 6.45) is 10.3. The van der Waals surface area contributed by atoms with E-state index in [-0.39, 0.29) is 0 Å². The number of hydrogen-bond acceptors (Lipinski definition) is 1. The summed E-state index contributed by atoms with van der Waals surface area (Å²) in [7, 11) is 0. The topological polar surface area (TPSA) is 20.2 Å². The number of benzene rings is 1. The zero-order valence-corrected chi connectivity index (χ0v) is 13.0. The van der Waals surface area contributed by atoms with E-state index in [2.05, 4.69) is 32.9 Å². The van der Waals surface area contributed by atoms with Gasteiger partial charge in [0.25, 0.3) is 0 Å². The highest BCUT2D eigenvalue weighted by Gasteiger charge is 2.11. The first-order valence-corrected chi connectivity index (χ1v) is 8.07. The first kappa shape index (κ1) is 16.1. The predicted octanol–water partition coefficient (Wildman–Crippen LogP) is 5.42. The first-order valence-electron chi connectivity index (χ1n) is 8.07. The fourth-order valence-corrected chi connectivity index (χ4v) is 2.53. The molecule has 19 heavy (non-hydrogen) atoms. The minimum absolute atomic E-state index is 0.593. The smallest absolute Gasteiger partial charge is 0.122 e. The molecular weight excluding hydrogens is 232 g/mol. The van der Waals surface area contributed by atoms with Crippen molar-refractivity contribution in [3.05, 3.63) is 28.8 Å². The van der Waals surface area contributed by atoms with Crippen LogP contribution in [0, 0.1) is 0 Å². The van der Waals surface area contributed by atoms with Gasteiger partial charge in [-0.3, -0.25) is 0 Å². The van der Waals surface area contributed by atoms with Crippen LogP contribution >= 0.6 is 0 Å². The molecule has 0 saturated heterocycles. The van der Waals surface area contributed by atoms with Gasteiger partial charge in [-0.1, -0.05) is 52.2 Å². The fraction of sp³-hybridized carbons (Fsp3) is 0.667. The van der Waals surface area contributed by atoms with Crippen LogP contribution in [0.5, 0.6) is 5.75 Å². The Morgan fingerprint density at radius 1 is 0.737 bits per heavy atom. The molecule has 1 aromatic carbocycles. The van der Waals surface area contributed by atoms with Crippen LogP contribution in [0.2, 0.25) is 0 Å². The molecular formula is C18H30O. The lowest BCUT2D eigenvalue weighted by atomic mass is 9.93. The molecule has 0 heterocycles. The maximum atomic E-state index is 10.5. The summed E-state index contributed by atoms with van der Waals surface area (Å²) in [6, 6.07) is 4.40. The van der Waals surface area contributed by atoms with Crippen molar-refractivity contribution in [2.45, 2.75) is 78.6 Å². The van der Waals surface area contributed by atoms with E-state index in [4.69, 9.17) is 0 Å². The maximum absolute atomic E-state index is 10.5. The summed E-state index contributed by atoms with van der Waals surface area (Å²) in [4.78, 5) is 0. The lowest BCUT2D eigenvalue weighted by Gasteiger charge is -2.15. The molecule has 0 fully saturated rings. The average Bonchev–Trinajstić information content (AvgIpc) is 2.43. The van der Waals surface area contributed by atoms with E-state index < -0.39 is 0 Å². The third-order valence-corrected chi connectivity index (χ3v) is 3.84. The van der Waals surface area contributed by atoms with Crippen LogP contribution in [-0.2, 0) is 19.3 Å². The van der Waals surface area contributed by atoms with Gasteiger partial charge < -0.3 is 5.11 Å². The molecule has 0 saturated carbocycles. The minimum Gasteiger partial charge on any atom is -0.507 e. The van der Waals surface area contributed by atoms with Crippen LogP contribution in [0.15, 0.2) is 12.1 Å². The van der Waals surface area contributed by atoms with E-state index in [9.17, 15) is 5.11 Å². The molecule has 1 rings (SSSR count). The van der Waals surface area contributed by atoms with Crippen molar-refractivity contribution in [2.75, 3.05) is 0 Å². The second kappa shape index (κ2) is 9.01. The second-order valence-corrected chi connectivity index (χ2v) is 5.52. The third kappa shape index (κ3) is 4.89. The zero-order chi connectivity index (χ0) is 14.1. The first-order chi connectivity index (χ1) is 9.24. The Bertz CT molecular complexity index is 368. The van der Waals surface area contributed by atoms with E-state index in [1.807, 2.05) is 0 Å². The highest BCUT2D eigenvalue weighted by Crippen LogP contribution is 2.30. The summed E-state index contributed by atoms with van der Waals surface area (Å²) in [5, 5.41) is 10.5.